The number of aromatic nitrogens is 1. The quantitative estimate of drug-likeness (QED) is 0.241. The van der Waals surface area contributed by atoms with Gasteiger partial charge in [0.15, 0.2) is 0 Å². The number of nitrogens with one attached hydrogen (secondary N) is 2. The zero-order valence-electron chi connectivity index (χ0n) is 22.1. The number of fused-ring (bicyclic) bond motifs is 1. The number of para-hydroxylation sites is 1. The summed E-state index contributed by atoms with van der Waals surface area (Å²) in [5.74, 6) is -0.391. The van der Waals surface area contributed by atoms with E-state index in [1.807, 2.05) is 101 Å². The Labute approximate surface area is 217 Å². The largest absolute Gasteiger partial charge is 0.326 e. The average molecular weight is 493 g/mol. The maximum Gasteiger partial charge on any atom is 0.272 e. The molecule has 1 heterocycles. The van der Waals surface area contributed by atoms with Crippen LogP contribution in [0.5, 0.6) is 0 Å². The Kier molecular flexibility index (Phi) is 7.21. The average Bonchev–Trinajstić information content (AvgIpc) is 2.86. The fraction of sp³-hybridized carbons (Fsp3) is 0.226. The Bertz CT molecular complexity index is 1530. The highest BCUT2D eigenvalue weighted by molar-refractivity contribution is 6.08. The Morgan fingerprint density at radius 3 is 2.38 bits per heavy atom. The van der Waals surface area contributed by atoms with Crippen LogP contribution in [0, 0.1) is 19.3 Å². The summed E-state index contributed by atoms with van der Waals surface area (Å²) in [6, 6.07) is 23.0. The molecule has 6 heteroatoms. The third kappa shape index (κ3) is 5.92. The van der Waals surface area contributed by atoms with Gasteiger partial charge in [0, 0.05) is 22.1 Å². The maximum absolute atomic E-state index is 13.3. The molecule has 37 heavy (non-hydrogen) atoms. The fourth-order valence-electron chi connectivity index (χ4n) is 4.00. The van der Waals surface area contributed by atoms with Gasteiger partial charge in [-0.1, -0.05) is 74.9 Å². The van der Waals surface area contributed by atoms with Crippen molar-refractivity contribution in [2.45, 2.75) is 41.5 Å². The van der Waals surface area contributed by atoms with E-state index in [2.05, 4.69) is 28.8 Å². The second-order valence-electron chi connectivity index (χ2n) is 10.3. The van der Waals surface area contributed by atoms with E-state index in [4.69, 9.17) is 4.98 Å². The van der Waals surface area contributed by atoms with Crippen LogP contribution >= 0.6 is 0 Å². The van der Waals surface area contributed by atoms with E-state index in [0.29, 0.717) is 17.0 Å². The third-order valence-corrected chi connectivity index (χ3v) is 6.16. The molecule has 0 aliphatic heterocycles. The lowest BCUT2D eigenvalue weighted by atomic mass is 9.95. The Hall–Kier alpha value is -4.32. The number of pyridine rings is 1. The van der Waals surface area contributed by atoms with Crippen LogP contribution in [0.25, 0.3) is 22.2 Å². The molecule has 0 saturated heterocycles. The monoisotopic (exact) mass is 492 g/mol. The van der Waals surface area contributed by atoms with Crippen molar-refractivity contribution < 1.29 is 9.59 Å². The number of carbonyl (C=O) groups is 2. The number of benzene rings is 3. The summed E-state index contributed by atoms with van der Waals surface area (Å²) in [6.45, 7) is 11.5. The number of rotatable bonds is 5. The molecule has 0 aliphatic rings. The molecule has 0 radical (unpaired) electrons. The molecule has 4 aromatic rings. The summed E-state index contributed by atoms with van der Waals surface area (Å²) in [4.78, 5) is 30.5. The predicted octanol–water partition coefficient (Wildman–Crippen LogP) is 6.66. The zero-order valence-corrected chi connectivity index (χ0v) is 22.1. The third-order valence-electron chi connectivity index (χ3n) is 6.16. The number of anilines is 1. The standard InChI is InChI=1S/C31H32N4O2/c1-19-14-15-24(20(2)16-19)28-18-26(25-12-7-8-13-27(25)33-28)29(36)35-34-21(3)22-10-9-11-23(17-22)32-30(37)31(4,5)6/h7-18H,1-6H3,(H,32,37)(H,35,36)/b34-21+. The van der Waals surface area contributed by atoms with Gasteiger partial charge in [0.1, 0.15) is 0 Å². The summed E-state index contributed by atoms with van der Waals surface area (Å²) in [7, 11) is 0. The molecule has 0 bridgehead atoms. The van der Waals surface area contributed by atoms with Gasteiger partial charge in [0.2, 0.25) is 5.91 Å². The van der Waals surface area contributed by atoms with Gasteiger partial charge in [0.25, 0.3) is 5.91 Å². The van der Waals surface area contributed by atoms with E-state index in [-0.39, 0.29) is 11.8 Å². The number of hydrogen-bond acceptors (Lipinski definition) is 4. The molecule has 6 nitrogen and oxygen atoms in total. The van der Waals surface area contributed by atoms with Crippen molar-refractivity contribution in [3.05, 3.63) is 95.1 Å². The fourth-order valence-corrected chi connectivity index (χ4v) is 4.00. The van der Waals surface area contributed by atoms with E-state index in [0.717, 1.165) is 33.3 Å². The number of hydrazone groups is 1. The molecule has 4 rings (SSSR count). The van der Waals surface area contributed by atoms with Crippen molar-refractivity contribution in [2.75, 3.05) is 5.32 Å². The highest BCUT2D eigenvalue weighted by atomic mass is 16.2. The first kappa shape index (κ1) is 25.8. The molecule has 3 aromatic carbocycles. The van der Waals surface area contributed by atoms with Gasteiger partial charge in [0.05, 0.1) is 22.5 Å². The van der Waals surface area contributed by atoms with Crippen molar-refractivity contribution in [1.82, 2.24) is 10.4 Å². The molecule has 0 spiro atoms. The topological polar surface area (TPSA) is 83.4 Å². The van der Waals surface area contributed by atoms with Gasteiger partial charge < -0.3 is 5.32 Å². The molecule has 0 fully saturated rings. The Morgan fingerprint density at radius 1 is 0.892 bits per heavy atom. The maximum atomic E-state index is 13.3. The van der Waals surface area contributed by atoms with Crippen LogP contribution < -0.4 is 10.7 Å². The molecular formula is C31H32N4O2. The van der Waals surface area contributed by atoms with E-state index in [9.17, 15) is 9.59 Å². The summed E-state index contributed by atoms with van der Waals surface area (Å²) in [5, 5.41) is 8.05. The van der Waals surface area contributed by atoms with E-state index < -0.39 is 5.41 Å². The molecular weight excluding hydrogens is 460 g/mol. The second-order valence-corrected chi connectivity index (χ2v) is 10.3. The molecule has 0 atom stereocenters. The van der Waals surface area contributed by atoms with Crippen molar-refractivity contribution in [3.63, 3.8) is 0 Å². The minimum absolute atomic E-state index is 0.0725. The molecule has 188 valence electrons. The summed E-state index contributed by atoms with van der Waals surface area (Å²) in [5.41, 5.74) is 9.54. The normalized spacial score (nSPS) is 11.9. The van der Waals surface area contributed by atoms with Gasteiger partial charge in [-0.25, -0.2) is 10.4 Å². The van der Waals surface area contributed by atoms with Crippen LogP contribution in [0.4, 0.5) is 5.69 Å². The van der Waals surface area contributed by atoms with Crippen molar-refractivity contribution in [3.8, 4) is 11.3 Å². The van der Waals surface area contributed by atoms with Crippen LogP contribution in [0.15, 0.2) is 77.9 Å². The van der Waals surface area contributed by atoms with Gasteiger partial charge in [-0.3, -0.25) is 9.59 Å². The van der Waals surface area contributed by atoms with Gasteiger partial charge in [-0.2, -0.15) is 5.10 Å². The van der Waals surface area contributed by atoms with Crippen LogP contribution in [0.1, 0.15) is 54.7 Å². The summed E-state index contributed by atoms with van der Waals surface area (Å²) in [6.07, 6.45) is 0. The smallest absolute Gasteiger partial charge is 0.272 e. The lowest BCUT2D eigenvalue weighted by Gasteiger charge is -2.18. The molecule has 0 aliphatic carbocycles. The van der Waals surface area contributed by atoms with E-state index >= 15 is 0 Å². The molecule has 0 unspecified atom stereocenters. The van der Waals surface area contributed by atoms with Crippen LogP contribution in [-0.4, -0.2) is 22.5 Å². The molecule has 0 saturated carbocycles. The van der Waals surface area contributed by atoms with Crippen LogP contribution in [0.2, 0.25) is 0 Å². The predicted molar refractivity (Wildman–Crippen MR) is 151 cm³/mol. The first-order chi connectivity index (χ1) is 17.5. The van der Waals surface area contributed by atoms with E-state index in [1.165, 1.54) is 5.56 Å². The van der Waals surface area contributed by atoms with Crippen LogP contribution in [-0.2, 0) is 4.79 Å². The minimum Gasteiger partial charge on any atom is -0.326 e. The van der Waals surface area contributed by atoms with Crippen molar-refractivity contribution in [1.29, 1.82) is 0 Å². The Morgan fingerprint density at radius 2 is 1.65 bits per heavy atom. The first-order valence-corrected chi connectivity index (χ1v) is 12.3. The van der Waals surface area contributed by atoms with Gasteiger partial charge in [-0.15, -0.1) is 0 Å². The lowest BCUT2D eigenvalue weighted by molar-refractivity contribution is -0.123. The highest BCUT2D eigenvalue weighted by Gasteiger charge is 2.21. The minimum atomic E-state index is -0.504. The molecule has 2 N–H and O–H groups in total. The first-order valence-electron chi connectivity index (χ1n) is 12.3. The summed E-state index contributed by atoms with van der Waals surface area (Å²) < 4.78 is 0. The molecule has 1 aromatic heterocycles. The van der Waals surface area contributed by atoms with Crippen LogP contribution in [0.3, 0.4) is 0 Å². The molecule has 2 amide bonds. The van der Waals surface area contributed by atoms with Gasteiger partial charge in [-0.05, 0) is 56.2 Å². The zero-order chi connectivity index (χ0) is 26.7. The number of aryl methyl sites for hydroxylation is 2. The SMILES string of the molecule is C/C(=N\NC(=O)c1cc(-c2ccc(C)cc2C)nc2ccccc12)c1cccc(NC(=O)C(C)(C)C)c1. The van der Waals surface area contributed by atoms with Gasteiger partial charge >= 0.3 is 0 Å². The summed E-state index contributed by atoms with van der Waals surface area (Å²) >= 11 is 0. The van der Waals surface area contributed by atoms with Crippen molar-refractivity contribution in [2.24, 2.45) is 10.5 Å². The second kappa shape index (κ2) is 10.3. The number of hydrogen-bond donors (Lipinski definition) is 2. The van der Waals surface area contributed by atoms with Crippen molar-refractivity contribution >= 4 is 34.1 Å². The number of carbonyl (C=O) groups excluding carboxylic acids is 2. The number of nitrogens with zero attached hydrogens (tertiary/aromatic N) is 2. The lowest BCUT2D eigenvalue weighted by Crippen LogP contribution is -2.27. The Balaban J connectivity index is 1.63. The highest BCUT2D eigenvalue weighted by Crippen LogP contribution is 2.28. The van der Waals surface area contributed by atoms with E-state index in [1.54, 1.807) is 0 Å². The number of amides is 2.